The highest BCUT2D eigenvalue weighted by atomic mass is 35.5. The number of halogens is 1. The zero-order valence-corrected chi connectivity index (χ0v) is 10.9. The van der Waals surface area contributed by atoms with Crippen LogP contribution < -0.4 is 11.1 Å². The molecule has 0 saturated heterocycles. The van der Waals surface area contributed by atoms with E-state index in [1.807, 2.05) is 36.4 Å². The first-order valence-corrected chi connectivity index (χ1v) is 6.27. The predicted octanol–water partition coefficient (Wildman–Crippen LogP) is 4.21. The highest BCUT2D eigenvalue weighted by molar-refractivity contribution is 6.33. The molecule has 0 aliphatic rings. The number of fused-ring (bicyclic) bond motifs is 1. The molecule has 2 aromatic carbocycles. The van der Waals surface area contributed by atoms with Crippen LogP contribution in [0.3, 0.4) is 0 Å². The van der Waals surface area contributed by atoms with Crippen molar-refractivity contribution in [3.63, 3.8) is 0 Å². The maximum absolute atomic E-state index is 6.16. The number of nitrogens with two attached hydrogens (primary N) is 1. The summed E-state index contributed by atoms with van der Waals surface area (Å²) in [6.45, 7) is 0. The molecule has 1 heterocycles. The van der Waals surface area contributed by atoms with E-state index in [9.17, 15) is 0 Å². The lowest BCUT2D eigenvalue weighted by atomic mass is 10.2. The monoisotopic (exact) mass is 269 g/mol. The summed E-state index contributed by atoms with van der Waals surface area (Å²) >= 11 is 6.16. The minimum Gasteiger partial charge on any atom is -0.399 e. The van der Waals surface area contributed by atoms with Gasteiger partial charge in [0.1, 0.15) is 0 Å². The van der Waals surface area contributed by atoms with Crippen LogP contribution in [0.1, 0.15) is 0 Å². The molecule has 94 valence electrons. The van der Waals surface area contributed by atoms with Crippen molar-refractivity contribution in [1.29, 1.82) is 0 Å². The van der Waals surface area contributed by atoms with Crippen LogP contribution in [0.25, 0.3) is 10.9 Å². The number of anilines is 3. The Morgan fingerprint density at radius 3 is 2.74 bits per heavy atom. The van der Waals surface area contributed by atoms with E-state index in [1.165, 1.54) is 0 Å². The number of rotatable bonds is 2. The second kappa shape index (κ2) is 4.78. The molecule has 0 unspecified atom stereocenters. The quantitative estimate of drug-likeness (QED) is 0.685. The van der Waals surface area contributed by atoms with Crippen molar-refractivity contribution in [1.82, 2.24) is 4.98 Å². The molecule has 0 radical (unpaired) electrons. The normalized spacial score (nSPS) is 10.6. The summed E-state index contributed by atoms with van der Waals surface area (Å²) in [6, 6.07) is 15.2. The zero-order chi connectivity index (χ0) is 13.2. The van der Waals surface area contributed by atoms with E-state index in [4.69, 9.17) is 17.3 Å². The van der Waals surface area contributed by atoms with Gasteiger partial charge in [-0.05, 0) is 30.3 Å². The Kier molecular flexibility index (Phi) is 2.97. The minimum absolute atomic E-state index is 0.634. The van der Waals surface area contributed by atoms with Gasteiger partial charge in [-0.25, -0.2) is 0 Å². The summed E-state index contributed by atoms with van der Waals surface area (Å²) in [4.78, 5) is 4.33. The fourth-order valence-corrected chi connectivity index (χ4v) is 2.15. The van der Waals surface area contributed by atoms with E-state index in [0.717, 1.165) is 22.3 Å². The van der Waals surface area contributed by atoms with Gasteiger partial charge < -0.3 is 11.1 Å². The zero-order valence-electron chi connectivity index (χ0n) is 10.1. The number of aromatic nitrogens is 1. The highest BCUT2D eigenvalue weighted by Crippen LogP contribution is 2.30. The van der Waals surface area contributed by atoms with E-state index in [2.05, 4.69) is 10.3 Å². The predicted molar refractivity (Wildman–Crippen MR) is 80.9 cm³/mol. The van der Waals surface area contributed by atoms with Crippen molar-refractivity contribution in [3.8, 4) is 0 Å². The van der Waals surface area contributed by atoms with Gasteiger partial charge in [0.15, 0.2) is 0 Å². The Hall–Kier alpha value is -2.26. The molecule has 0 amide bonds. The second-order valence-electron chi connectivity index (χ2n) is 4.24. The van der Waals surface area contributed by atoms with Gasteiger partial charge in [-0.15, -0.1) is 0 Å². The molecule has 0 aliphatic heterocycles. The van der Waals surface area contributed by atoms with Gasteiger partial charge in [0, 0.05) is 23.0 Å². The maximum atomic E-state index is 6.16. The largest absolute Gasteiger partial charge is 0.399 e. The number of hydrogen-bond donors (Lipinski definition) is 2. The van der Waals surface area contributed by atoms with Crippen molar-refractivity contribution in [3.05, 3.63) is 59.8 Å². The highest BCUT2D eigenvalue weighted by Gasteiger charge is 2.05. The number of hydrogen-bond acceptors (Lipinski definition) is 3. The molecular formula is C15H12ClN3. The van der Waals surface area contributed by atoms with Crippen LogP contribution in [0.5, 0.6) is 0 Å². The Morgan fingerprint density at radius 2 is 1.84 bits per heavy atom. The fourth-order valence-electron chi connectivity index (χ4n) is 1.99. The minimum atomic E-state index is 0.634. The molecular weight excluding hydrogens is 258 g/mol. The summed E-state index contributed by atoms with van der Waals surface area (Å²) in [5.74, 6) is 0. The van der Waals surface area contributed by atoms with Crippen molar-refractivity contribution < 1.29 is 0 Å². The van der Waals surface area contributed by atoms with Crippen LogP contribution in [-0.2, 0) is 0 Å². The number of benzene rings is 2. The first kappa shape index (κ1) is 11.8. The van der Waals surface area contributed by atoms with Gasteiger partial charge in [-0.2, -0.15) is 0 Å². The Morgan fingerprint density at radius 1 is 1.00 bits per heavy atom. The summed E-state index contributed by atoms with van der Waals surface area (Å²) < 4.78 is 0. The van der Waals surface area contributed by atoms with Crippen LogP contribution in [0, 0.1) is 0 Å². The fraction of sp³-hybridized carbons (Fsp3) is 0. The molecule has 3 nitrogen and oxygen atoms in total. The first-order chi connectivity index (χ1) is 9.24. The average Bonchev–Trinajstić information content (AvgIpc) is 2.43. The van der Waals surface area contributed by atoms with Crippen LogP contribution in [0.15, 0.2) is 54.7 Å². The molecule has 3 N–H and O–H groups in total. The molecule has 0 fully saturated rings. The van der Waals surface area contributed by atoms with Crippen LogP contribution >= 0.6 is 11.6 Å². The van der Waals surface area contributed by atoms with Crippen molar-refractivity contribution in [2.75, 3.05) is 11.1 Å². The first-order valence-electron chi connectivity index (χ1n) is 5.90. The number of nitrogens with one attached hydrogen (secondary N) is 1. The van der Waals surface area contributed by atoms with Gasteiger partial charge in [0.05, 0.1) is 16.2 Å². The average molecular weight is 270 g/mol. The van der Waals surface area contributed by atoms with Crippen molar-refractivity contribution in [2.24, 2.45) is 0 Å². The number of nitrogen functional groups attached to an aromatic ring is 1. The second-order valence-corrected chi connectivity index (χ2v) is 4.65. The summed E-state index contributed by atoms with van der Waals surface area (Å²) in [6.07, 6.45) is 1.77. The SMILES string of the molecule is Nc1ccc(Cl)c(Nc2ccnc3ccccc23)c1. The number of pyridine rings is 1. The van der Waals surface area contributed by atoms with E-state index < -0.39 is 0 Å². The Bertz CT molecular complexity index is 735. The van der Waals surface area contributed by atoms with E-state index >= 15 is 0 Å². The van der Waals surface area contributed by atoms with Crippen LogP contribution in [0.4, 0.5) is 17.1 Å². The molecule has 0 aliphatic carbocycles. The third kappa shape index (κ3) is 2.33. The molecule has 0 atom stereocenters. The molecule has 0 spiro atoms. The maximum Gasteiger partial charge on any atom is 0.0722 e. The van der Waals surface area contributed by atoms with Crippen molar-refractivity contribution in [2.45, 2.75) is 0 Å². The van der Waals surface area contributed by atoms with Crippen molar-refractivity contribution >= 4 is 39.6 Å². The lowest BCUT2D eigenvalue weighted by Crippen LogP contribution is -1.95. The molecule has 0 bridgehead atoms. The van der Waals surface area contributed by atoms with Gasteiger partial charge in [0.2, 0.25) is 0 Å². The lowest BCUT2D eigenvalue weighted by molar-refractivity contribution is 1.40. The van der Waals surface area contributed by atoms with Gasteiger partial charge in [-0.1, -0.05) is 29.8 Å². The molecule has 3 rings (SSSR count). The smallest absolute Gasteiger partial charge is 0.0722 e. The Labute approximate surface area is 116 Å². The topological polar surface area (TPSA) is 50.9 Å². The Balaban J connectivity index is 2.08. The standard InChI is InChI=1S/C15H12ClN3/c16-12-6-5-10(17)9-15(12)19-14-7-8-18-13-4-2-1-3-11(13)14/h1-9H,17H2,(H,18,19). The third-order valence-electron chi connectivity index (χ3n) is 2.91. The van der Waals surface area contributed by atoms with E-state index in [1.54, 1.807) is 18.3 Å². The van der Waals surface area contributed by atoms with Crippen LogP contribution in [-0.4, -0.2) is 4.98 Å². The molecule has 1 aromatic heterocycles. The van der Waals surface area contributed by atoms with Crippen LogP contribution in [0.2, 0.25) is 5.02 Å². The number of nitrogens with zero attached hydrogens (tertiary/aromatic N) is 1. The van der Waals surface area contributed by atoms with Gasteiger partial charge >= 0.3 is 0 Å². The summed E-state index contributed by atoms with van der Waals surface area (Å²) in [5.41, 5.74) is 9.14. The van der Waals surface area contributed by atoms with Gasteiger partial charge in [-0.3, -0.25) is 4.98 Å². The molecule has 0 saturated carbocycles. The summed E-state index contributed by atoms with van der Waals surface area (Å²) in [7, 11) is 0. The van der Waals surface area contributed by atoms with E-state index in [-0.39, 0.29) is 0 Å². The lowest BCUT2D eigenvalue weighted by Gasteiger charge is -2.11. The van der Waals surface area contributed by atoms with Gasteiger partial charge in [0.25, 0.3) is 0 Å². The molecule has 4 heteroatoms. The number of para-hydroxylation sites is 1. The third-order valence-corrected chi connectivity index (χ3v) is 3.24. The molecule has 3 aromatic rings. The molecule has 19 heavy (non-hydrogen) atoms. The summed E-state index contributed by atoms with van der Waals surface area (Å²) in [5, 5.41) is 4.98. The van der Waals surface area contributed by atoms with E-state index in [0.29, 0.717) is 10.7 Å².